The lowest BCUT2D eigenvalue weighted by Crippen LogP contribution is -2.46. The fourth-order valence-corrected chi connectivity index (χ4v) is 4.22. The maximum atomic E-state index is 13.3. The second kappa shape index (κ2) is 6.34. The van der Waals surface area contributed by atoms with Crippen LogP contribution in [-0.4, -0.2) is 29.2 Å². The molecule has 1 spiro atoms. The molecule has 0 bridgehead atoms. The van der Waals surface area contributed by atoms with Gasteiger partial charge in [0.2, 0.25) is 0 Å². The average Bonchev–Trinajstić information content (AvgIpc) is 2.89. The topological polar surface area (TPSA) is 66.5 Å². The molecule has 1 aliphatic carbocycles. The number of rotatable bonds is 3. The SMILES string of the molecule is Cc1ccc(C)c(C(=O)CN2C(=O)N[C@@]3(CCCc4ccccc43)C2=O)c1. The van der Waals surface area contributed by atoms with E-state index in [0.29, 0.717) is 12.0 Å². The molecule has 3 amide bonds. The number of carbonyl (C=O) groups is 3. The summed E-state index contributed by atoms with van der Waals surface area (Å²) in [4.78, 5) is 39.8. The predicted octanol–water partition coefficient (Wildman–Crippen LogP) is 3.27. The van der Waals surface area contributed by atoms with Gasteiger partial charge in [0.25, 0.3) is 5.91 Å². The fourth-order valence-electron chi connectivity index (χ4n) is 4.22. The van der Waals surface area contributed by atoms with Gasteiger partial charge < -0.3 is 5.32 Å². The van der Waals surface area contributed by atoms with E-state index in [9.17, 15) is 14.4 Å². The zero-order valence-electron chi connectivity index (χ0n) is 15.5. The molecule has 0 radical (unpaired) electrons. The third-order valence-electron chi connectivity index (χ3n) is 5.65. The standard InChI is InChI=1S/C22H22N2O3/c1-14-9-10-15(2)17(12-14)19(25)13-24-20(26)22(23-21(24)27)11-5-7-16-6-3-4-8-18(16)22/h3-4,6,8-10,12H,5,7,11,13H2,1-2H3,(H,23,27)/t22-/m1/s1. The predicted molar refractivity (Wildman–Crippen MR) is 102 cm³/mol. The Morgan fingerprint density at radius 2 is 1.93 bits per heavy atom. The summed E-state index contributed by atoms with van der Waals surface area (Å²) >= 11 is 0. The Labute approximate surface area is 158 Å². The molecule has 2 aromatic rings. The summed E-state index contributed by atoms with van der Waals surface area (Å²) in [7, 11) is 0. The lowest BCUT2D eigenvalue weighted by atomic mass is 9.76. The monoisotopic (exact) mass is 362 g/mol. The van der Waals surface area contributed by atoms with Crippen molar-refractivity contribution in [1.82, 2.24) is 10.2 Å². The molecule has 1 N–H and O–H groups in total. The van der Waals surface area contributed by atoms with Crippen molar-refractivity contribution in [1.29, 1.82) is 0 Å². The Hall–Kier alpha value is -2.95. The number of carbonyl (C=O) groups excluding carboxylic acids is 3. The molecule has 27 heavy (non-hydrogen) atoms. The van der Waals surface area contributed by atoms with E-state index in [1.54, 1.807) is 0 Å². The van der Waals surface area contributed by atoms with Gasteiger partial charge in [0.1, 0.15) is 5.54 Å². The van der Waals surface area contributed by atoms with E-state index >= 15 is 0 Å². The lowest BCUT2D eigenvalue weighted by molar-refractivity contribution is -0.131. The molecule has 2 aromatic carbocycles. The van der Waals surface area contributed by atoms with Crippen LogP contribution < -0.4 is 5.32 Å². The Bertz CT molecular complexity index is 966. The highest BCUT2D eigenvalue weighted by Crippen LogP contribution is 2.39. The number of aryl methyl sites for hydroxylation is 3. The van der Waals surface area contributed by atoms with Crippen molar-refractivity contribution in [2.24, 2.45) is 0 Å². The molecule has 5 heteroatoms. The highest BCUT2D eigenvalue weighted by Gasteiger charge is 2.54. The number of amides is 3. The molecule has 4 rings (SSSR count). The number of Topliss-reactive ketones (excluding diaryl/α,β-unsaturated/α-hetero) is 1. The van der Waals surface area contributed by atoms with Crippen molar-refractivity contribution in [2.75, 3.05) is 6.54 Å². The van der Waals surface area contributed by atoms with E-state index in [0.717, 1.165) is 40.0 Å². The normalized spacial score (nSPS) is 21.3. The fraction of sp³-hybridized carbons (Fsp3) is 0.318. The maximum absolute atomic E-state index is 13.3. The summed E-state index contributed by atoms with van der Waals surface area (Å²) in [5.74, 6) is -0.542. The van der Waals surface area contributed by atoms with Gasteiger partial charge in [0.15, 0.2) is 5.78 Å². The molecule has 138 valence electrons. The first kappa shape index (κ1) is 17.5. The van der Waals surface area contributed by atoms with E-state index in [2.05, 4.69) is 5.32 Å². The molecule has 1 atom stereocenters. The Kier molecular flexibility index (Phi) is 4.10. The summed E-state index contributed by atoms with van der Waals surface area (Å²) in [5.41, 5.74) is 3.28. The molecular formula is C22H22N2O3. The molecule has 1 heterocycles. The smallest absolute Gasteiger partial charge is 0.319 e. The van der Waals surface area contributed by atoms with Crippen molar-refractivity contribution < 1.29 is 14.4 Å². The highest BCUT2D eigenvalue weighted by atomic mass is 16.2. The van der Waals surface area contributed by atoms with Crippen LogP contribution in [0.1, 0.15) is 45.5 Å². The molecule has 0 saturated carbocycles. The minimum absolute atomic E-state index is 0.221. The van der Waals surface area contributed by atoms with Crippen LogP contribution in [0.25, 0.3) is 0 Å². The number of ketones is 1. The molecule has 1 aliphatic heterocycles. The zero-order valence-corrected chi connectivity index (χ0v) is 15.5. The summed E-state index contributed by atoms with van der Waals surface area (Å²) in [6, 6.07) is 12.9. The second-order valence-corrected chi connectivity index (χ2v) is 7.48. The van der Waals surface area contributed by atoms with Crippen LogP contribution in [0.2, 0.25) is 0 Å². The van der Waals surface area contributed by atoms with Gasteiger partial charge >= 0.3 is 6.03 Å². The molecule has 5 nitrogen and oxygen atoms in total. The molecule has 1 saturated heterocycles. The van der Waals surface area contributed by atoms with Gasteiger partial charge in [-0.3, -0.25) is 14.5 Å². The van der Waals surface area contributed by atoms with Gasteiger partial charge in [-0.2, -0.15) is 0 Å². The van der Waals surface area contributed by atoms with Gasteiger partial charge in [-0.1, -0.05) is 42.0 Å². The van der Waals surface area contributed by atoms with Gasteiger partial charge in [-0.15, -0.1) is 0 Å². The van der Waals surface area contributed by atoms with Gasteiger partial charge in [0.05, 0.1) is 6.54 Å². The van der Waals surface area contributed by atoms with Crippen molar-refractivity contribution >= 4 is 17.7 Å². The number of nitrogens with zero attached hydrogens (tertiary/aromatic N) is 1. The highest BCUT2D eigenvalue weighted by molar-refractivity contribution is 6.11. The first-order valence-electron chi connectivity index (χ1n) is 9.25. The van der Waals surface area contributed by atoms with E-state index in [-0.39, 0.29) is 18.2 Å². The average molecular weight is 362 g/mol. The minimum atomic E-state index is -1.03. The van der Waals surface area contributed by atoms with Gasteiger partial charge in [-0.05, 0) is 55.9 Å². The first-order valence-corrected chi connectivity index (χ1v) is 9.25. The van der Waals surface area contributed by atoms with E-state index < -0.39 is 11.6 Å². The number of hydrogen-bond acceptors (Lipinski definition) is 3. The van der Waals surface area contributed by atoms with Gasteiger partial charge in [-0.25, -0.2) is 4.79 Å². The number of fused-ring (bicyclic) bond motifs is 2. The summed E-state index contributed by atoms with van der Waals surface area (Å²) in [6.07, 6.45) is 2.27. The van der Waals surface area contributed by atoms with Crippen LogP contribution in [0, 0.1) is 13.8 Å². The third-order valence-corrected chi connectivity index (χ3v) is 5.65. The Morgan fingerprint density at radius 3 is 2.74 bits per heavy atom. The van der Waals surface area contributed by atoms with Crippen LogP contribution in [-0.2, 0) is 16.8 Å². The number of imide groups is 1. The summed E-state index contributed by atoms with van der Waals surface area (Å²) < 4.78 is 0. The summed E-state index contributed by atoms with van der Waals surface area (Å²) in [5, 5.41) is 2.89. The molecule has 0 unspecified atom stereocenters. The van der Waals surface area contributed by atoms with Crippen molar-refractivity contribution in [3.05, 3.63) is 70.3 Å². The van der Waals surface area contributed by atoms with Crippen molar-refractivity contribution in [3.8, 4) is 0 Å². The van der Waals surface area contributed by atoms with Crippen LogP contribution >= 0.6 is 0 Å². The zero-order chi connectivity index (χ0) is 19.2. The number of nitrogens with one attached hydrogen (secondary N) is 1. The first-order chi connectivity index (χ1) is 12.9. The number of urea groups is 1. The van der Waals surface area contributed by atoms with Crippen LogP contribution in [0.15, 0.2) is 42.5 Å². The largest absolute Gasteiger partial charge is 0.325 e. The summed E-state index contributed by atoms with van der Waals surface area (Å²) in [6.45, 7) is 3.54. The molecular weight excluding hydrogens is 340 g/mol. The van der Waals surface area contributed by atoms with Crippen LogP contribution in [0.4, 0.5) is 4.79 Å². The van der Waals surface area contributed by atoms with Crippen LogP contribution in [0.3, 0.4) is 0 Å². The number of hydrogen-bond donors (Lipinski definition) is 1. The lowest BCUT2D eigenvalue weighted by Gasteiger charge is -2.33. The minimum Gasteiger partial charge on any atom is -0.319 e. The Morgan fingerprint density at radius 1 is 1.15 bits per heavy atom. The molecule has 1 fully saturated rings. The maximum Gasteiger partial charge on any atom is 0.325 e. The second-order valence-electron chi connectivity index (χ2n) is 7.48. The Balaban J connectivity index is 1.65. The molecule has 2 aliphatic rings. The van der Waals surface area contributed by atoms with Crippen molar-refractivity contribution in [3.63, 3.8) is 0 Å². The molecule has 0 aromatic heterocycles. The third kappa shape index (κ3) is 2.74. The quantitative estimate of drug-likeness (QED) is 0.673. The van der Waals surface area contributed by atoms with E-state index in [1.165, 1.54) is 0 Å². The van der Waals surface area contributed by atoms with Crippen LogP contribution in [0.5, 0.6) is 0 Å². The number of benzene rings is 2. The van der Waals surface area contributed by atoms with E-state index in [1.807, 2.05) is 56.3 Å². The van der Waals surface area contributed by atoms with Gasteiger partial charge in [0, 0.05) is 5.56 Å². The van der Waals surface area contributed by atoms with Crippen molar-refractivity contribution in [2.45, 2.75) is 38.6 Å². The van der Waals surface area contributed by atoms with E-state index in [4.69, 9.17) is 0 Å².